The van der Waals surface area contributed by atoms with Gasteiger partial charge >= 0.3 is 5.97 Å². The van der Waals surface area contributed by atoms with Crippen molar-refractivity contribution in [1.29, 1.82) is 0 Å². The third-order valence-electron chi connectivity index (χ3n) is 2.42. The summed E-state index contributed by atoms with van der Waals surface area (Å²) < 4.78 is 9.47. The molecule has 1 aromatic carbocycles. The van der Waals surface area contributed by atoms with Gasteiger partial charge in [-0.25, -0.2) is 4.79 Å². The van der Waals surface area contributed by atoms with Gasteiger partial charge in [0.2, 0.25) is 5.78 Å². The van der Waals surface area contributed by atoms with E-state index in [0.29, 0.717) is 10.6 Å². The first kappa shape index (κ1) is 11.1. The first-order valence-corrected chi connectivity index (χ1v) is 5.01. The first-order valence-electron chi connectivity index (χ1n) is 4.63. The Bertz CT molecular complexity index is 434. The van der Waals surface area contributed by atoms with Crippen LogP contribution in [0.3, 0.4) is 0 Å². The molecule has 0 radical (unpaired) electrons. The number of hydrogen-bond acceptors (Lipinski definition) is 4. The van der Waals surface area contributed by atoms with Crippen molar-refractivity contribution in [3.05, 3.63) is 34.9 Å². The summed E-state index contributed by atoms with van der Waals surface area (Å²) in [6.07, 6.45) is 0. The van der Waals surface area contributed by atoms with Gasteiger partial charge in [0, 0.05) is 10.6 Å². The maximum Gasteiger partial charge on any atom is 0.348 e. The lowest BCUT2D eigenvalue weighted by molar-refractivity contribution is -0.144. The van der Waals surface area contributed by atoms with Gasteiger partial charge in [0.1, 0.15) is 0 Å². The minimum Gasteiger partial charge on any atom is -0.466 e. The first-order chi connectivity index (χ1) is 7.60. The van der Waals surface area contributed by atoms with Crippen molar-refractivity contribution in [2.24, 2.45) is 0 Å². The number of carbonyl (C=O) groups excluding carboxylic acids is 2. The summed E-state index contributed by atoms with van der Waals surface area (Å²) in [6.45, 7) is 0.0706. The number of carbonyl (C=O) groups is 2. The number of ketones is 1. The smallest absolute Gasteiger partial charge is 0.348 e. The largest absolute Gasteiger partial charge is 0.466 e. The molecule has 2 rings (SSSR count). The van der Waals surface area contributed by atoms with Crippen molar-refractivity contribution in [2.75, 3.05) is 13.7 Å². The molecule has 5 heteroatoms. The number of hydrogen-bond donors (Lipinski definition) is 0. The highest BCUT2D eigenvalue weighted by molar-refractivity contribution is 6.30. The Balaban J connectivity index is 2.26. The number of esters is 1. The average Bonchev–Trinajstić information content (AvgIpc) is 3.09. The molecule has 1 aliphatic rings. The van der Waals surface area contributed by atoms with Crippen LogP contribution in [0.1, 0.15) is 10.4 Å². The second kappa shape index (κ2) is 3.88. The molecule has 16 heavy (non-hydrogen) atoms. The van der Waals surface area contributed by atoms with E-state index in [-0.39, 0.29) is 6.61 Å². The Morgan fingerprint density at radius 2 is 1.94 bits per heavy atom. The molecule has 0 bridgehead atoms. The van der Waals surface area contributed by atoms with Gasteiger partial charge < -0.3 is 9.47 Å². The fraction of sp³-hybridized carbons (Fsp3) is 0.273. The molecule has 4 nitrogen and oxygen atoms in total. The van der Waals surface area contributed by atoms with E-state index < -0.39 is 17.4 Å². The summed E-state index contributed by atoms with van der Waals surface area (Å²) >= 11 is 5.70. The molecular formula is C11H9ClO4. The van der Waals surface area contributed by atoms with Crippen LogP contribution in [-0.2, 0) is 14.3 Å². The van der Waals surface area contributed by atoms with Crippen molar-refractivity contribution in [3.8, 4) is 0 Å². The zero-order chi connectivity index (χ0) is 11.8. The van der Waals surface area contributed by atoms with E-state index in [1.165, 1.54) is 7.11 Å². The standard InChI is InChI=1S/C11H9ClO4/c1-15-10(14)11(6-16-11)9(13)7-2-4-8(12)5-3-7/h2-5H,6H2,1H3. The summed E-state index contributed by atoms with van der Waals surface area (Å²) in [7, 11) is 1.22. The molecule has 0 saturated carbocycles. The van der Waals surface area contributed by atoms with E-state index in [9.17, 15) is 9.59 Å². The molecule has 1 unspecified atom stereocenters. The van der Waals surface area contributed by atoms with Crippen LogP contribution in [0.5, 0.6) is 0 Å². The van der Waals surface area contributed by atoms with Gasteiger partial charge in [-0.1, -0.05) is 11.6 Å². The highest BCUT2D eigenvalue weighted by atomic mass is 35.5. The van der Waals surface area contributed by atoms with Gasteiger partial charge in [-0.3, -0.25) is 4.79 Å². The fourth-order valence-electron chi connectivity index (χ4n) is 1.41. The van der Waals surface area contributed by atoms with Crippen molar-refractivity contribution < 1.29 is 19.1 Å². The van der Waals surface area contributed by atoms with Crippen LogP contribution < -0.4 is 0 Å². The van der Waals surface area contributed by atoms with E-state index >= 15 is 0 Å². The Morgan fingerprint density at radius 1 is 1.38 bits per heavy atom. The minimum atomic E-state index is -1.43. The molecule has 1 atom stereocenters. The van der Waals surface area contributed by atoms with E-state index in [4.69, 9.17) is 16.3 Å². The second-order valence-corrected chi connectivity index (χ2v) is 3.88. The van der Waals surface area contributed by atoms with E-state index in [0.717, 1.165) is 0 Å². The number of ether oxygens (including phenoxy) is 2. The molecule has 1 heterocycles. The highest BCUT2D eigenvalue weighted by Gasteiger charge is 2.60. The SMILES string of the molecule is COC(=O)C1(C(=O)c2ccc(Cl)cc2)CO1. The second-order valence-electron chi connectivity index (χ2n) is 3.44. The van der Waals surface area contributed by atoms with E-state index in [1.54, 1.807) is 24.3 Å². The molecule has 1 saturated heterocycles. The van der Waals surface area contributed by atoms with Crippen LogP contribution >= 0.6 is 11.6 Å². The highest BCUT2D eigenvalue weighted by Crippen LogP contribution is 2.32. The third-order valence-corrected chi connectivity index (χ3v) is 2.67. The third kappa shape index (κ3) is 1.70. The maximum atomic E-state index is 12.0. The number of rotatable bonds is 3. The number of epoxide rings is 1. The van der Waals surface area contributed by atoms with Crippen molar-refractivity contribution in [3.63, 3.8) is 0 Å². The number of methoxy groups -OCH3 is 1. The van der Waals surface area contributed by atoms with Gasteiger partial charge in [0.15, 0.2) is 0 Å². The molecule has 0 aromatic heterocycles. The molecule has 84 valence electrons. The van der Waals surface area contributed by atoms with E-state index in [2.05, 4.69) is 4.74 Å². The Kier molecular flexibility index (Phi) is 2.69. The van der Waals surface area contributed by atoms with Crippen molar-refractivity contribution in [2.45, 2.75) is 5.60 Å². The topological polar surface area (TPSA) is 55.9 Å². The van der Waals surface area contributed by atoms with Crippen LogP contribution in [0.25, 0.3) is 0 Å². The maximum absolute atomic E-state index is 12.0. The summed E-state index contributed by atoms with van der Waals surface area (Å²) in [5.41, 5.74) is -1.05. The van der Waals surface area contributed by atoms with Crippen LogP contribution in [0.4, 0.5) is 0 Å². The average molecular weight is 241 g/mol. The van der Waals surface area contributed by atoms with Gasteiger partial charge in [0.25, 0.3) is 5.60 Å². The molecular weight excluding hydrogens is 232 g/mol. The molecule has 0 spiro atoms. The molecule has 1 fully saturated rings. The Labute approximate surface area is 97.1 Å². The molecule has 1 aromatic rings. The van der Waals surface area contributed by atoms with Crippen molar-refractivity contribution in [1.82, 2.24) is 0 Å². The molecule has 0 amide bonds. The van der Waals surface area contributed by atoms with Crippen LogP contribution in [0, 0.1) is 0 Å². The lowest BCUT2D eigenvalue weighted by Crippen LogP contribution is -2.35. The number of benzene rings is 1. The normalized spacial score (nSPS) is 22.6. The predicted molar refractivity (Wildman–Crippen MR) is 56.5 cm³/mol. The number of halogens is 1. The minimum absolute atomic E-state index is 0.0706. The molecule has 0 N–H and O–H groups in total. The summed E-state index contributed by atoms with van der Waals surface area (Å²) in [6, 6.07) is 6.28. The summed E-state index contributed by atoms with van der Waals surface area (Å²) in [5, 5.41) is 0.528. The molecule has 0 aliphatic carbocycles. The van der Waals surface area contributed by atoms with Gasteiger partial charge in [0.05, 0.1) is 13.7 Å². The van der Waals surface area contributed by atoms with Crippen molar-refractivity contribution >= 4 is 23.4 Å². The summed E-state index contributed by atoms with van der Waals surface area (Å²) in [4.78, 5) is 23.4. The zero-order valence-corrected chi connectivity index (χ0v) is 9.28. The fourth-order valence-corrected chi connectivity index (χ4v) is 1.54. The van der Waals surface area contributed by atoms with Gasteiger partial charge in [-0.05, 0) is 24.3 Å². The Morgan fingerprint density at radius 3 is 2.38 bits per heavy atom. The number of Topliss-reactive ketones (excluding diaryl/α,β-unsaturated/α-hetero) is 1. The lowest BCUT2D eigenvalue weighted by atomic mass is 9.98. The van der Waals surface area contributed by atoms with E-state index in [1.807, 2.05) is 0 Å². The zero-order valence-electron chi connectivity index (χ0n) is 8.53. The predicted octanol–water partition coefficient (Wildman–Crippen LogP) is 1.46. The van der Waals surface area contributed by atoms with Crippen LogP contribution in [-0.4, -0.2) is 31.1 Å². The van der Waals surface area contributed by atoms with Gasteiger partial charge in [-0.15, -0.1) is 0 Å². The molecule has 1 aliphatic heterocycles. The van der Waals surface area contributed by atoms with Crippen LogP contribution in [0.15, 0.2) is 24.3 Å². The lowest BCUT2D eigenvalue weighted by Gasteiger charge is -2.08. The monoisotopic (exact) mass is 240 g/mol. The van der Waals surface area contributed by atoms with Gasteiger partial charge in [-0.2, -0.15) is 0 Å². The quantitative estimate of drug-likeness (QED) is 0.347. The summed E-state index contributed by atoms with van der Waals surface area (Å²) in [5.74, 6) is -1.05. The Hall–Kier alpha value is -1.39. The van der Waals surface area contributed by atoms with Crippen LogP contribution in [0.2, 0.25) is 5.02 Å².